The van der Waals surface area contributed by atoms with Crippen molar-refractivity contribution in [1.29, 1.82) is 0 Å². The Morgan fingerprint density at radius 2 is 2.29 bits per heavy atom. The van der Waals surface area contributed by atoms with Crippen molar-refractivity contribution in [2.45, 2.75) is 18.6 Å². The monoisotopic (exact) mass is 295 g/mol. The van der Waals surface area contributed by atoms with Crippen molar-refractivity contribution < 1.29 is 18.6 Å². The lowest BCUT2D eigenvalue weighted by Crippen LogP contribution is -2.32. The summed E-state index contributed by atoms with van der Waals surface area (Å²) in [6.07, 6.45) is 3.33. The average Bonchev–Trinajstić information content (AvgIpc) is 3.09. The smallest absolute Gasteiger partial charge is 0.137 e. The van der Waals surface area contributed by atoms with E-state index in [9.17, 15) is 13.9 Å². The van der Waals surface area contributed by atoms with Crippen LogP contribution in [0.5, 0.6) is 0 Å². The van der Waals surface area contributed by atoms with Crippen LogP contribution in [0.25, 0.3) is 0 Å². The molecule has 0 spiro atoms. The molecule has 1 saturated heterocycles. The summed E-state index contributed by atoms with van der Waals surface area (Å²) in [4.78, 5) is 3.86. The van der Waals surface area contributed by atoms with E-state index in [1.807, 2.05) is 0 Å². The normalized spacial score (nSPS) is 25.4. The molecule has 1 aromatic carbocycles. The third-order valence-electron chi connectivity index (χ3n) is 3.78. The second-order valence-corrected chi connectivity index (χ2v) is 5.28. The predicted molar refractivity (Wildman–Crippen MR) is 69.2 cm³/mol. The van der Waals surface area contributed by atoms with Crippen molar-refractivity contribution in [2.75, 3.05) is 13.2 Å². The van der Waals surface area contributed by atoms with Crippen LogP contribution in [0.1, 0.15) is 12.0 Å². The van der Waals surface area contributed by atoms with Crippen LogP contribution in [0.3, 0.4) is 0 Å². The summed E-state index contributed by atoms with van der Waals surface area (Å²) < 4.78 is 34.7. The third-order valence-corrected chi connectivity index (χ3v) is 3.78. The number of nitrogens with zero attached hydrogens (tertiary/aromatic N) is 3. The molecule has 1 aliphatic rings. The van der Waals surface area contributed by atoms with E-state index in [1.54, 1.807) is 4.68 Å². The lowest BCUT2D eigenvalue weighted by molar-refractivity contribution is -0.0207. The highest BCUT2D eigenvalue weighted by molar-refractivity contribution is 5.26. The first-order valence-electron chi connectivity index (χ1n) is 6.66. The standard InChI is InChI=1S/C14H15F2N3O2/c15-11-1-2-12(13(16)3-11)14(4-10(5-20)6-21-14)7-19-9-17-8-18-19/h1-3,8-10,20H,4-7H2/t10-,14+/m0/s1. The zero-order valence-corrected chi connectivity index (χ0v) is 11.2. The van der Waals surface area contributed by atoms with Gasteiger partial charge in [-0.3, -0.25) is 0 Å². The van der Waals surface area contributed by atoms with Crippen molar-refractivity contribution >= 4 is 0 Å². The molecule has 5 nitrogen and oxygen atoms in total. The van der Waals surface area contributed by atoms with Crippen LogP contribution < -0.4 is 0 Å². The summed E-state index contributed by atoms with van der Waals surface area (Å²) in [5, 5.41) is 13.3. The maximum absolute atomic E-state index is 14.2. The van der Waals surface area contributed by atoms with E-state index < -0.39 is 17.2 Å². The maximum atomic E-state index is 14.2. The molecule has 2 heterocycles. The molecule has 1 aliphatic heterocycles. The minimum atomic E-state index is -0.973. The van der Waals surface area contributed by atoms with Gasteiger partial charge >= 0.3 is 0 Å². The SMILES string of the molecule is OC[C@H]1CO[C@](Cn2cncn2)(c2ccc(F)cc2F)C1. The van der Waals surface area contributed by atoms with Gasteiger partial charge in [0.25, 0.3) is 0 Å². The average molecular weight is 295 g/mol. The largest absolute Gasteiger partial charge is 0.396 e. The minimum Gasteiger partial charge on any atom is -0.396 e. The molecule has 0 saturated carbocycles. The summed E-state index contributed by atoms with van der Waals surface area (Å²) in [6.45, 7) is 0.538. The number of ether oxygens (including phenoxy) is 1. The fraction of sp³-hybridized carbons (Fsp3) is 0.429. The number of hydrogen-bond donors (Lipinski definition) is 1. The molecule has 21 heavy (non-hydrogen) atoms. The van der Waals surface area contributed by atoms with Gasteiger partial charge in [0.05, 0.1) is 13.2 Å². The number of aliphatic hydroxyl groups excluding tert-OH is 1. The maximum Gasteiger partial charge on any atom is 0.137 e. The Hall–Kier alpha value is -1.86. The Labute approximate surface area is 120 Å². The molecule has 2 atom stereocenters. The van der Waals surface area contributed by atoms with Crippen LogP contribution in [0.2, 0.25) is 0 Å². The number of hydrogen-bond acceptors (Lipinski definition) is 4. The summed E-state index contributed by atoms with van der Waals surface area (Å²) in [7, 11) is 0. The van der Waals surface area contributed by atoms with Gasteiger partial charge in [0, 0.05) is 24.2 Å². The van der Waals surface area contributed by atoms with E-state index in [0.717, 1.165) is 6.07 Å². The second-order valence-electron chi connectivity index (χ2n) is 5.28. The van der Waals surface area contributed by atoms with Crippen LogP contribution in [0.15, 0.2) is 30.9 Å². The first kappa shape index (κ1) is 14.1. The van der Waals surface area contributed by atoms with E-state index in [0.29, 0.717) is 13.0 Å². The van der Waals surface area contributed by atoms with Gasteiger partial charge in [-0.05, 0) is 12.5 Å². The molecule has 0 aliphatic carbocycles. The van der Waals surface area contributed by atoms with Crippen LogP contribution in [-0.2, 0) is 16.9 Å². The zero-order valence-electron chi connectivity index (χ0n) is 11.2. The number of rotatable bonds is 4. The van der Waals surface area contributed by atoms with Crippen LogP contribution in [0, 0.1) is 17.6 Å². The predicted octanol–water partition coefficient (Wildman–Crippen LogP) is 1.48. The molecule has 1 fully saturated rings. The number of aromatic nitrogens is 3. The highest BCUT2D eigenvalue weighted by Gasteiger charge is 2.44. The summed E-state index contributed by atoms with van der Waals surface area (Å²) in [5.41, 5.74) is -0.700. The van der Waals surface area contributed by atoms with Gasteiger partial charge < -0.3 is 9.84 Å². The number of aliphatic hydroxyl groups is 1. The van der Waals surface area contributed by atoms with Gasteiger partial charge in [-0.1, -0.05) is 6.07 Å². The molecule has 0 amide bonds. The fourth-order valence-corrected chi connectivity index (χ4v) is 2.80. The Balaban J connectivity index is 1.99. The topological polar surface area (TPSA) is 60.2 Å². The second kappa shape index (κ2) is 5.50. The van der Waals surface area contributed by atoms with Crippen LogP contribution in [-0.4, -0.2) is 33.1 Å². The van der Waals surface area contributed by atoms with E-state index in [1.165, 1.54) is 24.8 Å². The van der Waals surface area contributed by atoms with E-state index >= 15 is 0 Å². The fourth-order valence-electron chi connectivity index (χ4n) is 2.80. The van der Waals surface area contributed by atoms with Crippen molar-refractivity contribution in [3.63, 3.8) is 0 Å². The highest BCUT2D eigenvalue weighted by atomic mass is 19.1. The third kappa shape index (κ3) is 2.66. The number of benzene rings is 1. The Morgan fingerprint density at radius 1 is 1.43 bits per heavy atom. The van der Waals surface area contributed by atoms with Gasteiger partial charge in [0.1, 0.15) is 29.9 Å². The summed E-state index contributed by atoms with van der Waals surface area (Å²) in [6, 6.07) is 3.44. The first-order chi connectivity index (χ1) is 10.1. The zero-order chi connectivity index (χ0) is 14.9. The Bertz CT molecular complexity index is 621. The Kier molecular flexibility index (Phi) is 3.69. The van der Waals surface area contributed by atoms with E-state index in [-0.39, 0.29) is 24.6 Å². The van der Waals surface area contributed by atoms with Gasteiger partial charge in [-0.25, -0.2) is 18.4 Å². The molecular formula is C14H15F2N3O2. The first-order valence-corrected chi connectivity index (χ1v) is 6.66. The molecular weight excluding hydrogens is 280 g/mol. The molecule has 1 N–H and O–H groups in total. The van der Waals surface area contributed by atoms with Gasteiger partial charge in [0.15, 0.2) is 0 Å². The number of halogens is 2. The van der Waals surface area contributed by atoms with Crippen molar-refractivity contribution in [2.24, 2.45) is 5.92 Å². The van der Waals surface area contributed by atoms with Gasteiger partial charge in [0.2, 0.25) is 0 Å². The molecule has 3 rings (SSSR count). The molecule has 112 valence electrons. The van der Waals surface area contributed by atoms with E-state index in [2.05, 4.69) is 10.1 Å². The molecule has 7 heteroatoms. The van der Waals surface area contributed by atoms with Crippen molar-refractivity contribution in [3.8, 4) is 0 Å². The van der Waals surface area contributed by atoms with Gasteiger partial charge in [-0.15, -0.1) is 0 Å². The van der Waals surface area contributed by atoms with Crippen molar-refractivity contribution in [3.05, 3.63) is 48.1 Å². The molecule has 1 aromatic heterocycles. The molecule has 0 radical (unpaired) electrons. The van der Waals surface area contributed by atoms with Crippen molar-refractivity contribution in [1.82, 2.24) is 14.8 Å². The van der Waals surface area contributed by atoms with Gasteiger partial charge in [-0.2, -0.15) is 5.10 Å². The van der Waals surface area contributed by atoms with E-state index in [4.69, 9.17) is 4.74 Å². The Morgan fingerprint density at radius 3 is 2.90 bits per heavy atom. The molecule has 0 bridgehead atoms. The lowest BCUT2D eigenvalue weighted by atomic mass is 9.87. The lowest BCUT2D eigenvalue weighted by Gasteiger charge is -2.29. The summed E-state index contributed by atoms with van der Waals surface area (Å²) >= 11 is 0. The van der Waals surface area contributed by atoms with Crippen LogP contribution in [0.4, 0.5) is 8.78 Å². The van der Waals surface area contributed by atoms with Crippen LogP contribution >= 0.6 is 0 Å². The quantitative estimate of drug-likeness (QED) is 0.928. The molecule has 0 unspecified atom stereocenters. The minimum absolute atomic E-state index is 0.0398. The summed E-state index contributed by atoms with van der Waals surface area (Å²) in [5.74, 6) is -1.38. The molecule has 2 aromatic rings. The highest BCUT2D eigenvalue weighted by Crippen LogP contribution is 2.41.